The summed E-state index contributed by atoms with van der Waals surface area (Å²) in [5, 5.41) is 3.06. The van der Waals surface area contributed by atoms with E-state index >= 15 is 0 Å². The highest BCUT2D eigenvalue weighted by Crippen LogP contribution is 2.06. The topological polar surface area (TPSA) is 21.3 Å². The number of methoxy groups -OCH3 is 1. The Balaban J connectivity index is 2.54. The first-order valence-corrected chi connectivity index (χ1v) is 4.76. The number of hydrogen-bond donors (Lipinski definition) is 1. The van der Waals surface area contributed by atoms with Gasteiger partial charge < -0.3 is 10.1 Å². The molecule has 0 aromatic heterocycles. The summed E-state index contributed by atoms with van der Waals surface area (Å²) >= 11 is 0. The first-order valence-electron chi connectivity index (χ1n) is 4.76. The van der Waals surface area contributed by atoms with Gasteiger partial charge in [-0.25, -0.2) is 0 Å². The molecule has 1 aromatic rings. The van der Waals surface area contributed by atoms with Crippen molar-refractivity contribution in [1.82, 2.24) is 5.32 Å². The van der Waals surface area contributed by atoms with Gasteiger partial charge in [0.05, 0.1) is 6.61 Å². The van der Waals surface area contributed by atoms with Crippen LogP contribution < -0.4 is 5.32 Å². The van der Waals surface area contributed by atoms with Gasteiger partial charge in [-0.2, -0.15) is 0 Å². The van der Waals surface area contributed by atoms with Crippen molar-refractivity contribution in [2.45, 2.75) is 6.61 Å². The highest BCUT2D eigenvalue weighted by molar-refractivity contribution is 5.49. The van der Waals surface area contributed by atoms with Crippen LogP contribution in [0.15, 0.2) is 30.3 Å². The first kappa shape index (κ1) is 11.0. The van der Waals surface area contributed by atoms with Gasteiger partial charge in [-0.05, 0) is 18.2 Å². The fourth-order valence-corrected chi connectivity index (χ4v) is 1.20. The molecule has 0 fully saturated rings. The van der Waals surface area contributed by atoms with Crippen LogP contribution in [0.1, 0.15) is 11.1 Å². The van der Waals surface area contributed by atoms with E-state index in [1.54, 1.807) is 7.11 Å². The average molecular weight is 191 g/mol. The zero-order valence-electron chi connectivity index (χ0n) is 8.79. The molecule has 1 rings (SSSR count). The van der Waals surface area contributed by atoms with Crippen LogP contribution in [0.5, 0.6) is 0 Å². The quantitative estimate of drug-likeness (QED) is 0.769. The summed E-state index contributed by atoms with van der Waals surface area (Å²) in [7, 11) is 3.65. The Bertz CT molecular complexity index is 277. The summed E-state index contributed by atoms with van der Waals surface area (Å²) in [5.41, 5.74) is 2.43. The van der Waals surface area contributed by atoms with Crippen molar-refractivity contribution in [3.8, 4) is 0 Å². The number of nitrogens with one attached hydrogen (secondary N) is 1. The summed E-state index contributed by atoms with van der Waals surface area (Å²) in [4.78, 5) is 0. The third-order valence-corrected chi connectivity index (χ3v) is 1.92. The molecular formula is C12H17NO. The van der Waals surface area contributed by atoms with Gasteiger partial charge in [0.2, 0.25) is 0 Å². The normalized spacial score (nSPS) is 11.0. The highest BCUT2D eigenvalue weighted by Gasteiger charge is 1.90. The van der Waals surface area contributed by atoms with E-state index in [1.165, 1.54) is 11.1 Å². The largest absolute Gasteiger partial charge is 0.380 e. The smallest absolute Gasteiger partial charge is 0.0713 e. The standard InChI is InChI=1S/C12H17NO/c1-13-9-3-4-11-5-7-12(8-6-11)10-14-2/h3-8,13H,9-10H2,1-2H3/b4-3+. The van der Waals surface area contributed by atoms with Crippen molar-refractivity contribution >= 4 is 6.08 Å². The second-order valence-corrected chi connectivity index (χ2v) is 3.13. The molecule has 1 aromatic carbocycles. The zero-order chi connectivity index (χ0) is 10.2. The van der Waals surface area contributed by atoms with E-state index < -0.39 is 0 Å². The Labute approximate surface area is 85.6 Å². The molecular weight excluding hydrogens is 174 g/mol. The van der Waals surface area contributed by atoms with Crippen molar-refractivity contribution in [3.63, 3.8) is 0 Å². The van der Waals surface area contributed by atoms with E-state index in [0.717, 1.165) is 6.54 Å². The van der Waals surface area contributed by atoms with Crippen molar-refractivity contribution in [2.75, 3.05) is 20.7 Å². The van der Waals surface area contributed by atoms with E-state index in [4.69, 9.17) is 4.74 Å². The maximum absolute atomic E-state index is 5.04. The fourth-order valence-electron chi connectivity index (χ4n) is 1.20. The second-order valence-electron chi connectivity index (χ2n) is 3.13. The molecule has 0 saturated heterocycles. The lowest BCUT2D eigenvalue weighted by molar-refractivity contribution is 0.185. The monoisotopic (exact) mass is 191 g/mol. The maximum atomic E-state index is 5.04. The van der Waals surface area contributed by atoms with Crippen molar-refractivity contribution < 1.29 is 4.74 Å². The van der Waals surface area contributed by atoms with Crippen molar-refractivity contribution in [3.05, 3.63) is 41.5 Å². The summed E-state index contributed by atoms with van der Waals surface area (Å²) in [6.07, 6.45) is 4.21. The lowest BCUT2D eigenvalue weighted by Crippen LogP contribution is -2.03. The van der Waals surface area contributed by atoms with Crippen molar-refractivity contribution in [1.29, 1.82) is 0 Å². The Morgan fingerprint density at radius 1 is 1.29 bits per heavy atom. The highest BCUT2D eigenvalue weighted by atomic mass is 16.5. The number of hydrogen-bond acceptors (Lipinski definition) is 2. The molecule has 14 heavy (non-hydrogen) atoms. The fraction of sp³-hybridized carbons (Fsp3) is 0.333. The van der Waals surface area contributed by atoms with Crippen LogP contribution in [0.3, 0.4) is 0 Å². The summed E-state index contributed by atoms with van der Waals surface area (Å²) in [6.45, 7) is 1.58. The number of rotatable bonds is 5. The van der Waals surface area contributed by atoms with E-state index in [-0.39, 0.29) is 0 Å². The van der Waals surface area contributed by atoms with E-state index in [0.29, 0.717) is 6.61 Å². The van der Waals surface area contributed by atoms with Crippen LogP contribution in [0.2, 0.25) is 0 Å². The second kappa shape index (κ2) is 6.35. The molecule has 1 N–H and O–H groups in total. The Morgan fingerprint density at radius 2 is 2.00 bits per heavy atom. The number of benzene rings is 1. The van der Waals surface area contributed by atoms with Crippen LogP contribution in [0.4, 0.5) is 0 Å². The van der Waals surface area contributed by atoms with Crippen LogP contribution in [-0.4, -0.2) is 20.7 Å². The molecule has 0 saturated carbocycles. The lowest BCUT2D eigenvalue weighted by Gasteiger charge is -1.99. The summed E-state index contributed by atoms with van der Waals surface area (Å²) in [6, 6.07) is 8.37. The molecule has 0 radical (unpaired) electrons. The van der Waals surface area contributed by atoms with Gasteiger partial charge in [0.1, 0.15) is 0 Å². The Morgan fingerprint density at radius 3 is 2.57 bits per heavy atom. The average Bonchev–Trinajstić information content (AvgIpc) is 2.21. The van der Waals surface area contributed by atoms with Crippen molar-refractivity contribution in [2.24, 2.45) is 0 Å². The van der Waals surface area contributed by atoms with E-state index in [1.807, 2.05) is 7.05 Å². The van der Waals surface area contributed by atoms with E-state index in [9.17, 15) is 0 Å². The van der Waals surface area contributed by atoms with Gasteiger partial charge in [-0.3, -0.25) is 0 Å². The molecule has 0 atom stereocenters. The SMILES string of the molecule is CNC/C=C/c1ccc(COC)cc1. The van der Waals surface area contributed by atoms with Crippen LogP contribution in [0, 0.1) is 0 Å². The molecule has 0 aliphatic rings. The van der Waals surface area contributed by atoms with Gasteiger partial charge >= 0.3 is 0 Å². The van der Waals surface area contributed by atoms with Gasteiger partial charge in [0, 0.05) is 13.7 Å². The maximum Gasteiger partial charge on any atom is 0.0713 e. The Hall–Kier alpha value is -1.12. The minimum absolute atomic E-state index is 0.681. The molecule has 2 nitrogen and oxygen atoms in total. The number of likely N-dealkylation sites (N-methyl/N-ethyl adjacent to an activating group) is 1. The Kier molecular flexibility index (Phi) is 4.97. The molecule has 0 heterocycles. The minimum atomic E-state index is 0.681. The molecule has 0 amide bonds. The third-order valence-electron chi connectivity index (χ3n) is 1.92. The lowest BCUT2D eigenvalue weighted by atomic mass is 10.1. The van der Waals surface area contributed by atoms with Crippen LogP contribution in [-0.2, 0) is 11.3 Å². The summed E-state index contributed by atoms with van der Waals surface area (Å²) < 4.78 is 5.04. The van der Waals surface area contributed by atoms with Gasteiger partial charge in [0.25, 0.3) is 0 Å². The minimum Gasteiger partial charge on any atom is -0.380 e. The van der Waals surface area contributed by atoms with Crippen LogP contribution >= 0.6 is 0 Å². The van der Waals surface area contributed by atoms with E-state index in [2.05, 4.69) is 41.7 Å². The molecule has 76 valence electrons. The molecule has 0 aliphatic carbocycles. The summed E-state index contributed by atoms with van der Waals surface area (Å²) in [5.74, 6) is 0. The molecule has 0 bridgehead atoms. The predicted molar refractivity (Wildman–Crippen MR) is 60.1 cm³/mol. The van der Waals surface area contributed by atoms with Gasteiger partial charge in [-0.15, -0.1) is 0 Å². The first-order chi connectivity index (χ1) is 6.86. The number of ether oxygens (including phenoxy) is 1. The van der Waals surface area contributed by atoms with Gasteiger partial charge in [0.15, 0.2) is 0 Å². The predicted octanol–water partition coefficient (Wildman–Crippen LogP) is 2.07. The molecule has 0 spiro atoms. The molecule has 0 unspecified atom stereocenters. The zero-order valence-corrected chi connectivity index (χ0v) is 8.79. The van der Waals surface area contributed by atoms with Crippen LogP contribution in [0.25, 0.3) is 6.08 Å². The molecule has 2 heteroatoms. The molecule has 0 aliphatic heterocycles. The third kappa shape index (κ3) is 3.73. The van der Waals surface area contributed by atoms with Gasteiger partial charge in [-0.1, -0.05) is 36.4 Å².